The number of ether oxygens (including phenoxy) is 1. The molecule has 2 rings (SSSR count). The minimum Gasteiger partial charge on any atom is -0.439 e. The topological polar surface area (TPSA) is 66.1 Å². The Kier molecular flexibility index (Phi) is 4.39. The van der Waals surface area contributed by atoms with Gasteiger partial charge >= 0.3 is 0 Å². The first-order valence-corrected chi connectivity index (χ1v) is 6.82. The third-order valence-corrected chi connectivity index (χ3v) is 3.17. The fraction of sp³-hybridized carbons (Fsp3) is 0.143. The van der Waals surface area contributed by atoms with E-state index >= 15 is 0 Å². The third kappa shape index (κ3) is 3.47. The zero-order chi connectivity index (χ0) is 13.7. The number of nitriles is 1. The molecule has 0 aliphatic rings. The largest absolute Gasteiger partial charge is 0.439 e. The fourth-order valence-electron chi connectivity index (χ4n) is 1.47. The summed E-state index contributed by atoms with van der Waals surface area (Å²) in [5.41, 5.74) is 0.278. The molecule has 0 fully saturated rings. The Labute approximate surface area is 115 Å². The number of thioether (sulfide) groups is 1. The summed E-state index contributed by atoms with van der Waals surface area (Å²) in [5.74, 6) is 1.01. The molecule has 0 aliphatic heterocycles. The van der Waals surface area contributed by atoms with Gasteiger partial charge in [0.05, 0.1) is 5.69 Å². The van der Waals surface area contributed by atoms with Crippen molar-refractivity contribution in [3.8, 4) is 17.7 Å². The standard InChI is InChI=1S/C14H12N2O2S/c1-19-11-7-5-10(6-8-11)18-14-4-2-3-12(16-14)13(17)9-15/h2-8,13,17H,1H3. The number of pyridine rings is 1. The van der Waals surface area contributed by atoms with Gasteiger partial charge in [0.1, 0.15) is 11.8 Å². The van der Waals surface area contributed by atoms with Gasteiger partial charge in [-0.2, -0.15) is 5.26 Å². The Morgan fingerprint density at radius 2 is 2.00 bits per heavy atom. The van der Waals surface area contributed by atoms with E-state index in [1.165, 1.54) is 0 Å². The predicted octanol–water partition coefficient (Wildman–Crippen LogP) is 3.15. The van der Waals surface area contributed by atoms with E-state index < -0.39 is 6.10 Å². The van der Waals surface area contributed by atoms with Crippen molar-refractivity contribution in [1.29, 1.82) is 5.26 Å². The number of nitrogens with zero attached hydrogens (tertiary/aromatic N) is 2. The van der Waals surface area contributed by atoms with Crippen molar-refractivity contribution in [3.63, 3.8) is 0 Å². The maximum atomic E-state index is 9.41. The SMILES string of the molecule is CSc1ccc(Oc2cccc(C(O)C#N)n2)cc1. The van der Waals surface area contributed by atoms with E-state index in [1.807, 2.05) is 30.5 Å². The second-order valence-corrected chi connectivity index (χ2v) is 4.59. The second-order valence-electron chi connectivity index (χ2n) is 3.71. The van der Waals surface area contributed by atoms with E-state index in [0.29, 0.717) is 11.6 Å². The van der Waals surface area contributed by atoms with E-state index in [9.17, 15) is 5.11 Å². The van der Waals surface area contributed by atoms with Crippen LogP contribution in [0.2, 0.25) is 0 Å². The molecule has 1 heterocycles. The molecule has 19 heavy (non-hydrogen) atoms. The van der Waals surface area contributed by atoms with Gasteiger partial charge in [-0.15, -0.1) is 11.8 Å². The summed E-state index contributed by atoms with van der Waals surface area (Å²) < 4.78 is 5.57. The lowest BCUT2D eigenvalue weighted by Gasteiger charge is -2.07. The summed E-state index contributed by atoms with van der Waals surface area (Å²) in [6.45, 7) is 0. The second kappa shape index (κ2) is 6.23. The molecule has 96 valence electrons. The molecule has 2 aromatic rings. The number of hydrogen-bond acceptors (Lipinski definition) is 5. The molecule has 1 N–H and O–H groups in total. The van der Waals surface area contributed by atoms with Gasteiger partial charge in [-0.3, -0.25) is 0 Å². The van der Waals surface area contributed by atoms with E-state index in [4.69, 9.17) is 10.00 Å². The van der Waals surface area contributed by atoms with Crippen LogP contribution in [0, 0.1) is 11.3 Å². The third-order valence-electron chi connectivity index (χ3n) is 2.43. The monoisotopic (exact) mass is 272 g/mol. The number of benzene rings is 1. The number of aliphatic hydroxyl groups is 1. The van der Waals surface area contributed by atoms with Crippen molar-refractivity contribution in [1.82, 2.24) is 4.98 Å². The van der Waals surface area contributed by atoms with Crippen LogP contribution >= 0.6 is 11.8 Å². The molecule has 1 aromatic heterocycles. The zero-order valence-electron chi connectivity index (χ0n) is 10.3. The molecule has 5 heteroatoms. The first-order chi connectivity index (χ1) is 9.22. The molecule has 0 spiro atoms. The first-order valence-electron chi connectivity index (χ1n) is 5.59. The van der Waals surface area contributed by atoms with E-state index in [1.54, 1.807) is 36.0 Å². The molecule has 0 amide bonds. The summed E-state index contributed by atoms with van der Waals surface area (Å²) in [5, 5.41) is 18.0. The highest BCUT2D eigenvalue weighted by Crippen LogP contribution is 2.24. The number of aromatic nitrogens is 1. The molecule has 0 bridgehead atoms. The van der Waals surface area contributed by atoms with E-state index in [0.717, 1.165) is 4.90 Å². The molecule has 0 saturated carbocycles. The summed E-state index contributed by atoms with van der Waals surface area (Å²) in [6.07, 6.45) is 0.770. The van der Waals surface area contributed by atoms with Gasteiger partial charge in [-0.1, -0.05) is 6.07 Å². The van der Waals surface area contributed by atoms with Crippen molar-refractivity contribution in [2.75, 3.05) is 6.26 Å². The number of hydrogen-bond donors (Lipinski definition) is 1. The molecule has 1 atom stereocenters. The van der Waals surface area contributed by atoms with Gasteiger partial charge < -0.3 is 9.84 Å². The van der Waals surface area contributed by atoms with Crippen LogP contribution < -0.4 is 4.74 Å². The molecule has 1 unspecified atom stereocenters. The maximum absolute atomic E-state index is 9.41. The van der Waals surface area contributed by atoms with Gasteiger partial charge in [0.25, 0.3) is 0 Å². The van der Waals surface area contributed by atoms with Crippen molar-refractivity contribution in [2.45, 2.75) is 11.0 Å². The van der Waals surface area contributed by atoms with Crippen molar-refractivity contribution < 1.29 is 9.84 Å². The molecule has 0 aliphatic carbocycles. The van der Waals surface area contributed by atoms with Crippen LogP contribution in [0.3, 0.4) is 0 Å². The van der Waals surface area contributed by atoms with Crippen LogP contribution in [0.25, 0.3) is 0 Å². The lowest BCUT2D eigenvalue weighted by molar-refractivity contribution is 0.229. The van der Waals surface area contributed by atoms with Crippen LogP contribution in [-0.4, -0.2) is 16.3 Å². The Bertz CT molecular complexity index is 593. The molecule has 4 nitrogen and oxygen atoms in total. The average Bonchev–Trinajstić information content (AvgIpc) is 2.47. The average molecular weight is 272 g/mol. The van der Waals surface area contributed by atoms with E-state index in [2.05, 4.69) is 4.98 Å². The zero-order valence-corrected chi connectivity index (χ0v) is 11.1. The van der Waals surface area contributed by atoms with Gasteiger partial charge in [0.2, 0.25) is 5.88 Å². The van der Waals surface area contributed by atoms with Crippen molar-refractivity contribution >= 4 is 11.8 Å². The summed E-state index contributed by atoms with van der Waals surface area (Å²) in [7, 11) is 0. The lowest BCUT2D eigenvalue weighted by atomic mass is 10.2. The van der Waals surface area contributed by atoms with Crippen LogP contribution in [0.4, 0.5) is 0 Å². The lowest BCUT2D eigenvalue weighted by Crippen LogP contribution is -1.98. The molecule has 0 radical (unpaired) electrons. The van der Waals surface area contributed by atoms with Crippen LogP contribution in [-0.2, 0) is 0 Å². The molecule has 0 saturated heterocycles. The van der Waals surface area contributed by atoms with Crippen LogP contribution in [0.5, 0.6) is 11.6 Å². The minimum atomic E-state index is -1.23. The van der Waals surface area contributed by atoms with Crippen LogP contribution in [0.15, 0.2) is 47.4 Å². The first kappa shape index (κ1) is 13.4. The Morgan fingerprint density at radius 3 is 2.63 bits per heavy atom. The quantitative estimate of drug-likeness (QED) is 0.684. The minimum absolute atomic E-state index is 0.278. The summed E-state index contributed by atoms with van der Waals surface area (Å²) in [6, 6.07) is 14.3. The molecule has 1 aromatic carbocycles. The highest BCUT2D eigenvalue weighted by atomic mass is 32.2. The van der Waals surface area contributed by atoms with Gasteiger partial charge in [0.15, 0.2) is 6.10 Å². The van der Waals surface area contributed by atoms with Crippen molar-refractivity contribution in [2.24, 2.45) is 0 Å². The summed E-state index contributed by atoms with van der Waals surface area (Å²) in [4.78, 5) is 5.23. The smallest absolute Gasteiger partial charge is 0.219 e. The highest BCUT2D eigenvalue weighted by Gasteiger charge is 2.08. The van der Waals surface area contributed by atoms with Crippen LogP contribution in [0.1, 0.15) is 11.8 Å². The normalized spacial score (nSPS) is 11.6. The fourth-order valence-corrected chi connectivity index (χ4v) is 1.88. The predicted molar refractivity (Wildman–Crippen MR) is 73.1 cm³/mol. The molecular formula is C14H12N2O2S. The highest BCUT2D eigenvalue weighted by molar-refractivity contribution is 7.98. The molecular weight excluding hydrogens is 260 g/mol. The van der Waals surface area contributed by atoms with Gasteiger partial charge in [0, 0.05) is 11.0 Å². The maximum Gasteiger partial charge on any atom is 0.219 e. The van der Waals surface area contributed by atoms with E-state index in [-0.39, 0.29) is 5.69 Å². The van der Waals surface area contributed by atoms with Gasteiger partial charge in [-0.05, 0) is 36.6 Å². The Hall–Kier alpha value is -2.03. The van der Waals surface area contributed by atoms with Crippen molar-refractivity contribution in [3.05, 3.63) is 48.2 Å². The van der Waals surface area contributed by atoms with Gasteiger partial charge in [-0.25, -0.2) is 4.98 Å². The Morgan fingerprint density at radius 1 is 1.26 bits per heavy atom. The number of aliphatic hydroxyl groups excluding tert-OH is 1. The number of rotatable bonds is 4. The summed E-state index contributed by atoms with van der Waals surface area (Å²) >= 11 is 1.65. The Balaban J connectivity index is 2.16.